The number of ether oxygens (including phenoxy) is 1. The zero-order valence-electron chi connectivity index (χ0n) is 20.6. The summed E-state index contributed by atoms with van der Waals surface area (Å²) < 4.78 is 77.6. The number of fused-ring (bicyclic) bond motifs is 3. The predicted molar refractivity (Wildman–Crippen MR) is 132 cm³/mol. The molecule has 0 radical (unpaired) electrons. The molecular formula is C24H26F3N5O3S. The van der Waals surface area contributed by atoms with Crippen LogP contribution in [0.5, 0.6) is 5.75 Å². The van der Waals surface area contributed by atoms with Crippen molar-refractivity contribution in [2.45, 2.75) is 33.2 Å². The molecule has 4 rings (SSSR count). The van der Waals surface area contributed by atoms with Gasteiger partial charge >= 0.3 is 0 Å². The Balaban J connectivity index is 0.00000176. The van der Waals surface area contributed by atoms with E-state index in [-0.39, 0.29) is 40.4 Å². The van der Waals surface area contributed by atoms with Crippen LogP contribution in [0.1, 0.15) is 38.0 Å². The molecule has 0 saturated carbocycles. The van der Waals surface area contributed by atoms with Crippen molar-refractivity contribution in [1.29, 1.82) is 0 Å². The number of anilines is 1. The predicted octanol–water partition coefficient (Wildman–Crippen LogP) is 4.19. The van der Waals surface area contributed by atoms with Crippen molar-refractivity contribution < 1.29 is 26.3 Å². The monoisotopic (exact) mass is 521 g/mol. The molecule has 0 spiro atoms. The Kier molecular flexibility index (Phi) is 7.01. The van der Waals surface area contributed by atoms with Crippen LogP contribution in [0.4, 0.5) is 18.9 Å². The first-order chi connectivity index (χ1) is 16.8. The highest BCUT2D eigenvalue weighted by atomic mass is 32.2. The van der Waals surface area contributed by atoms with E-state index < -0.39 is 33.0 Å². The summed E-state index contributed by atoms with van der Waals surface area (Å²) in [5, 5.41) is 11.2. The second-order valence-corrected chi connectivity index (χ2v) is 10.6. The molecule has 0 amide bonds. The van der Waals surface area contributed by atoms with Gasteiger partial charge in [0.1, 0.15) is 17.2 Å². The van der Waals surface area contributed by atoms with Gasteiger partial charge in [0.2, 0.25) is 10.0 Å². The van der Waals surface area contributed by atoms with Crippen LogP contribution in [-0.4, -0.2) is 47.4 Å². The number of nitrogens with zero attached hydrogens (tertiary/aromatic N) is 4. The van der Waals surface area contributed by atoms with Crippen molar-refractivity contribution in [3.05, 3.63) is 58.6 Å². The Bertz CT molecular complexity index is 1450. The molecule has 2 aliphatic rings. The number of benzene rings is 1. The smallest absolute Gasteiger partial charge is 0.232 e. The molecule has 0 unspecified atom stereocenters. The summed E-state index contributed by atoms with van der Waals surface area (Å²) in [5.74, 6) is -2.36. The minimum absolute atomic E-state index is 0.0458. The molecule has 3 heterocycles. The average molecular weight is 522 g/mol. The van der Waals surface area contributed by atoms with Crippen LogP contribution in [0.15, 0.2) is 29.8 Å². The average Bonchev–Trinajstić information content (AvgIpc) is 3.44. The molecule has 0 atom stereocenters. The molecule has 0 aliphatic carbocycles. The van der Waals surface area contributed by atoms with E-state index >= 15 is 8.78 Å². The number of allylic oxidation sites excluding steroid dienone is 3. The second kappa shape index (κ2) is 9.39. The number of aromatic nitrogens is 3. The molecule has 1 aromatic heterocycles. The Morgan fingerprint density at radius 2 is 1.89 bits per heavy atom. The van der Waals surface area contributed by atoms with E-state index in [1.807, 2.05) is 0 Å². The fraction of sp³-hybridized carbons (Fsp3) is 0.333. The highest BCUT2D eigenvalue weighted by Crippen LogP contribution is 2.48. The van der Waals surface area contributed by atoms with Crippen LogP contribution < -0.4 is 10.1 Å². The summed E-state index contributed by atoms with van der Waals surface area (Å²) >= 11 is 0. The van der Waals surface area contributed by atoms with Gasteiger partial charge in [-0.2, -0.15) is 0 Å². The molecule has 2 aliphatic heterocycles. The lowest BCUT2D eigenvalue weighted by Crippen LogP contribution is -2.37. The molecule has 8 nitrogen and oxygen atoms in total. The van der Waals surface area contributed by atoms with Gasteiger partial charge in [-0.15, -0.1) is 23.0 Å². The van der Waals surface area contributed by atoms with Gasteiger partial charge in [0, 0.05) is 6.20 Å². The lowest BCUT2D eigenvalue weighted by Gasteiger charge is -2.35. The molecule has 0 fully saturated rings. The van der Waals surface area contributed by atoms with Crippen LogP contribution in [0.25, 0.3) is 11.3 Å². The van der Waals surface area contributed by atoms with Crippen molar-refractivity contribution in [1.82, 2.24) is 19.1 Å². The van der Waals surface area contributed by atoms with Crippen LogP contribution >= 0.6 is 0 Å². The van der Waals surface area contributed by atoms with E-state index in [2.05, 4.69) is 28.4 Å². The van der Waals surface area contributed by atoms with Crippen LogP contribution in [0.2, 0.25) is 0 Å². The summed E-state index contributed by atoms with van der Waals surface area (Å²) in [6, 6.07) is 0. The summed E-state index contributed by atoms with van der Waals surface area (Å²) in [6.07, 6.45) is 12.7. The first-order valence-electron chi connectivity index (χ1n) is 10.6. The maximum absolute atomic E-state index is 15.7. The Hall–Kier alpha value is -3.72. The van der Waals surface area contributed by atoms with Crippen molar-refractivity contribution in [2.75, 3.05) is 25.2 Å². The van der Waals surface area contributed by atoms with E-state index in [4.69, 9.17) is 4.74 Å². The highest BCUT2D eigenvalue weighted by molar-refractivity contribution is 7.88. The zero-order valence-corrected chi connectivity index (χ0v) is 21.5. The molecule has 192 valence electrons. The number of aryl methyl sites for hydroxylation is 1. The number of hydrogen-bond donors (Lipinski definition) is 1. The van der Waals surface area contributed by atoms with E-state index in [9.17, 15) is 12.8 Å². The van der Waals surface area contributed by atoms with E-state index in [0.29, 0.717) is 11.6 Å². The number of terminal acetylenes is 1. The highest BCUT2D eigenvalue weighted by Gasteiger charge is 2.40. The third-order valence-electron chi connectivity index (χ3n) is 5.71. The number of rotatable bonds is 4. The molecule has 2 aromatic rings. The zero-order chi connectivity index (χ0) is 27.2. The summed E-state index contributed by atoms with van der Waals surface area (Å²) in [6.45, 7) is 6.13. The fourth-order valence-electron chi connectivity index (χ4n) is 4.20. The van der Waals surface area contributed by atoms with Gasteiger partial charge in [-0.3, -0.25) is 8.87 Å². The van der Waals surface area contributed by atoms with Crippen molar-refractivity contribution in [3.63, 3.8) is 0 Å². The molecule has 0 saturated heterocycles. The molecule has 1 aromatic carbocycles. The quantitative estimate of drug-likeness (QED) is 0.607. The maximum atomic E-state index is 15.7. The van der Waals surface area contributed by atoms with Crippen molar-refractivity contribution >= 4 is 21.3 Å². The van der Waals surface area contributed by atoms with Gasteiger partial charge in [0.15, 0.2) is 23.2 Å². The Labute approximate surface area is 208 Å². The lowest BCUT2D eigenvalue weighted by molar-refractivity contribution is 0.397. The molecular weight excluding hydrogens is 495 g/mol. The summed E-state index contributed by atoms with van der Waals surface area (Å²) in [4.78, 5) is 0. The normalized spacial score (nSPS) is 17.5. The van der Waals surface area contributed by atoms with Gasteiger partial charge in [-0.25, -0.2) is 21.6 Å². The van der Waals surface area contributed by atoms with Crippen LogP contribution in [0.3, 0.4) is 0 Å². The maximum Gasteiger partial charge on any atom is 0.232 e. The first kappa shape index (κ1) is 26.9. The van der Waals surface area contributed by atoms with Crippen molar-refractivity contribution in [2.24, 2.45) is 0 Å². The molecule has 0 bridgehead atoms. The summed E-state index contributed by atoms with van der Waals surface area (Å²) in [5.41, 5.74) is -1.01. The first-order valence-corrected chi connectivity index (χ1v) is 12.5. The van der Waals surface area contributed by atoms with E-state index in [0.717, 1.165) is 23.6 Å². The van der Waals surface area contributed by atoms with Crippen LogP contribution in [-0.2, 0) is 15.6 Å². The number of methoxy groups -OCH3 is 1. The SMILES string of the molecule is C#C.COc1c(C(/C=C(\C)F)=C2\C=CN(S(C)(=O)=O)C2)c(F)c(F)c2c1-n1c(C)nnc1C(C)(C)N2. The third kappa shape index (κ3) is 4.35. The Morgan fingerprint density at radius 1 is 1.25 bits per heavy atom. The van der Waals surface area contributed by atoms with Gasteiger partial charge in [0.05, 0.1) is 36.8 Å². The van der Waals surface area contributed by atoms with Crippen LogP contribution in [0, 0.1) is 31.4 Å². The number of halogens is 3. The van der Waals surface area contributed by atoms with Gasteiger partial charge in [0.25, 0.3) is 0 Å². The largest absolute Gasteiger partial charge is 0.494 e. The Morgan fingerprint density at radius 3 is 2.42 bits per heavy atom. The molecule has 1 N–H and O–H groups in total. The topological polar surface area (TPSA) is 89.4 Å². The number of sulfonamides is 1. The third-order valence-corrected chi connectivity index (χ3v) is 6.82. The number of hydrogen-bond acceptors (Lipinski definition) is 6. The van der Waals surface area contributed by atoms with Gasteiger partial charge in [-0.1, -0.05) is 0 Å². The van der Waals surface area contributed by atoms with E-state index in [1.54, 1.807) is 25.3 Å². The standard InChI is InChI=1S/C22H24F3N5O3S.C2H2/c1-11(23)9-14(13-7-8-29(10-13)34(6,31)32)15-16(24)17(25)18-19(20(15)33-5)30-12(2)27-28-21(30)22(3,4)26-18;1-2/h7-9,26H,10H2,1-6H3;1-2H/b11-9+,14-13+;. The van der Waals surface area contributed by atoms with Gasteiger partial charge < -0.3 is 10.1 Å². The number of nitrogens with one attached hydrogen (secondary N) is 1. The minimum Gasteiger partial charge on any atom is -0.494 e. The molecule has 36 heavy (non-hydrogen) atoms. The van der Waals surface area contributed by atoms with Crippen molar-refractivity contribution in [3.8, 4) is 24.3 Å². The molecule has 12 heteroatoms. The van der Waals surface area contributed by atoms with E-state index in [1.165, 1.54) is 19.4 Å². The summed E-state index contributed by atoms with van der Waals surface area (Å²) in [7, 11) is -2.32. The lowest BCUT2D eigenvalue weighted by atomic mass is 9.93. The fourth-order valence-corrected chi connectivity index (χ4v) is 4.85. The van der Waals surface area contributed by atoms with Gasteiger partial charge in [-0.05, 0) is 51.0 Å². The minimum atomic E-state index is -3.61. The second-order valence-electron chi connectivity index (χ2n) is 8.71.